The Bertz CT molecular complexity index is 364. The zero-order valence-corrected chi connectivity index (χ0v) is 12.3. The lowest BCUT2D eigenvalue weighted by atomic mass is 9.70. The molecule has 3 rings (SSSR count). The third-order valence-corrected chi connectivity index (χ3v) is 5.53. The van der Waals surface area contributed by atoms with Gasteiger partial charge in [0, 0.05) is 13.2 Å². The molecule has 0 aromatic heterocycles. The first-order valence-corrected chi connectivity index (χ1v) is 7.80. The van der Waals surface area contributed by atoms with Crippen LogP contribution < -0.4 is 5.73 Å². The summed E-state index contributed by atoms with van der Waals surface area (Å²) >= 11 is 0. The molecule has 1 spiro atoms. The Morgan fingerprint density at radius 1 is 1.37 bits per heavy atom. The van der Waals surface area contributed by atoms with Gasteiger partial charge in [-0.25, -0.2) is 0 Å². The van der Waals surface area contributed by atoms with E-state index in [1.807, 2.05) is 0 Å². The van der Waals surface area contributed by atoms with E-state index in [1.165, 1.54) is 32.1 Å². The lowest BCUT2D eigenvalue weighted by molar-refractivity contribution is 0.0340. The van der Waals surface area contributed by atoms with E-state index in [0.29, 0.717) is 6.10 Å². The maximum absolute atomic E-state index is 6.16. The van der Waals surface area contributed by atoms with Crippen LogP contribution in [-0.4, -0.2) is 42.2 Å². The molecule has 2 fully saturated rings. The topological polar surface area (TPSA) is 50.8 Å². The van der Waals surface area contributed by atoms with Crippen LogP contribution in [-0.2, 0) is 4.74 Å². The zero-order chi connectivity index (χ0) is 13.5. The van der Waals surface area contributed by atoms with Crippen LogP contribution in [0.3, 0.4) is 0 Å². The maximum Gasteiger partial charge on any atom is 0.191 e. The first kappa shape index (κ1) is 13.2. The molecule has 4 unspecified atom stereocenters. The number of aliphatic imine (C=N–C) groups is 1. The molecule has 19 heavy (non-hydrogen) atoms. The Balaban J connectivity index is 1.73. The van der Waals surface area contributed by atoms with Gasteiger partial charge >= 0.3 is 0 Å². The van der Waals surface area contributed by atoms with E-state index in [2.05, 4.69) is 23.7 Å². The molecule has 2 aliphatic heterocycles. The predicted molar refractivity (Wildman–Crippen MR) is 77.1 cm³/mol. The molecule has 0 bridgehead atoms. The molecule has 4 heteroatoms. The van der Waals surface area contributed by atoms with Gasteiger partial charge in [-0.05, 0) is 43.9 Å². The Morgan fingerprint density at radius 3 is 2.89 bits per heavy atom. The van der Waals surface area contributed by atoms with Crippen LogP contribution in [0.4, 0.5) is 0 Å². The molecule has 1 aliphatic carbocycles. The van der Waals surface area contributed by atoms with Crippen LogP contribution in [0.25, 0.3) is 0 Å². The van der Waals surface area contributed by atoms with Crippen molar-refractivity contribution in [3.05, 3.63) is 0 Å². The first-order chi connectivity index (χ1) is 9.11. The summed E-state index contributed by atoms with van der Waals surface area (Å²) in [7, 11) is 0. The number of nitrogens with two attached hydrogens (primary N) is 1. The normalized spacial score (nSPS) is 42.9. The van der Waals surface area contributed by atoms with E-state index >= 15 is 0 Å². The number of hydrogen-bond acceptors (Lipinski definition) is 4. The van der Waals surface area contributed by atoms with E-state index in [-0.39, 0.29) is 5.54 Å². The summed E-state index contributed by atoms with van der Waals surface area (Å²) in [4.78, 5) is 6.94. The number of hydrogen-bond donors (Lipinski definition) is 1. The van der Waals surface area contributed by atoms with Crippen molar-refractivity contribution in [3.63, 3.8) is 0 Å². The summed E-state index contributed by atoms with van der Waals surface area (Å²) < 4.78 is 5.79. The van der Waals surface area contributed by atoms with E-state index in [9.17, 15) is 0 Å². The Hall–Kier alpha value is -0.770. The fourth-order valence-corrected chi connectivity index (χ4v) is 3.99. The molecule has 1 saturated carbocycles. The third-order valence-electron chi connectivity index (χ3n) is 5.53. The summed E-state index contributed by atoms with van der Waals surface area (Å²) in [5, 5.41) is 0. The van der Waals surface area contributed by atoms with Crippen molar-refractivity contribution in [2.45, 2.75) is 57.6 Å². The molecule has 0 amide bonds. The van der Waals surface area contributed by atoms with Gasteiger partial charge in [0.25, 0.3) is 0 Å². The van der Waals surface area contributed by atoms with Gasteiger partial charge in [0.2, 0.25) is 0 Å². The van der Waals surface area contributed by atoms with Crippen molar-refractivity contribution in [1.29, 1.82) is 0 Å². The number of rotatable bonds is 2. The molecule has 1 saturated heterocycles. The van der Waals surface area contributed by atoms with Gasteiger partial charge in [-0.2, -0.15) is 0 Å². The lowest BCUT2D eigenvalue weighted by Gasteiger charge is -2.47. The van der Waals surface area contributed by atoms with Gasteiger partial charge in [-0.3, -0.25) is 4.99 Å². The minimum absolute atomic E-state index is 0.196. The minimum Gasteiger partial charge on any atom is -0.376 e. The average molecular weight is 265 g/mol. The van der Waals surface area contributed by atoms with Crippen molar-refractivity contribution in [2.24, 2.45) is 22.6 Å². The van der Waals surface area contributed by atoms with Crippen LogP contribution in [0.2, 0.25) is 0 Å². The molecule has 2 heterocycles. The van der Waals surface area contributed by atoms with E-state index in [1.54, 1.807) is 0 Å². The summed E-state index contributed by atoms with van der Waals surface area (Å²) in [6.07, 6.45) is 6.48. The maximum atomic E-state index is 6.16. The molecule has 0 aromatic carbocycles. The largest absolute Gasteiger partial charge is 0.376 e. The Labute approximate surface area is 116 Å². The highest BCUT2D eigenvalue weighted by Crippen LogP contribution is 2.42. The molecule has 2 N–H and O–H groups in total. The molecule has 0 radical (unpaired) electrons. The highest BCUT2D eigenvalue weighted by molar-refractivity contribution is 5.81. The second kappa shape index (κ2) is 4.97. The quantitative estimate of drug-likeness (QED) is 0.830. The second-order valence-corrected chi connectivity index (χ2v) is 6.84. The average Bonchev–Trinajstić information content (AvgIpc) is 2.99. The van der Waals surface area contributed by atoms with Crippen LogP contribution >= 0.6 is 0 Å². The van der Waals surface area contributed by atoms with E-state index in [4.69, 9.17) is 10.5 Å². The molecule has 3 aliphatic rings. The van der Waals surface area contributed by atoms with Crippen molar-refractivity contribution < 1.29 is 4.74 Å². The minimum atomic E-state index is 0.196. The van der Waals surface area contributed by atoms with Crippen molar-refractivity contribution in [2.75, 3.05) is 19.7 Å². The van der Waals surface area contributed by atoms with Crippen molar-refractivity contribution in [3.8, 4) is 0 Å². The van der Waals surface area contributed by atoms with Crippen molar-refractivity contribution in [1.82, 2.24) is 4.90 Å². The molecular formula is C15H27N3O. The number of nitrogens with zero attached hydrogens (tertiary/aromatic N) is 2. The van der Waals surface area contributed by atoms with Crippen LogP contribution in [0.5, 0.6) is 0 Å². The Kier molecular flexibility index (Phi) is 3.46. The third kappa shape index (κ3) is 2.35. The van der Waals surface area contributed by atoms with Gasteiger partial charge < -0.3 is 15.4 Å². The monoisotopic (exact) mass is 265 g/mol. The zero-order valence-electron chi connectivity index (χ0n) is 12.3. The highest BCUT2D eigenvalue weighted by atomic mass is 16.5. The van der Waals surface area contributed by atoms with Crippen molar-refractivity contribution >= 4 is 5.96 Å². The fourth-order valence-electron chi connectivity index (χ4n) is 3.99. The second-order valence-electron chi connectivity index (χ2n) is 6.84. The summed E-state index contributed by atoms with van der Waals surface area (Å²) in [5.74, 6) is 2.34. The molecule has 4 nitrogen and oxygen atoms in total. The van der Waals surface area contributed by atoms with Gasteiger partial charge in [0.15, 0.2) is 5.96 Å². The smallest absolute Gasteiger partial charge is 0.191 e. The summed E-state index contributed by atoms with van der Waals surface area (Å²) in [5.41, 5.74) is 6.36. The SMILES string of the molecule is CC1CCC2(CN=C(N)N2CC2CCCO2)CC1C. The fraction of sp³-hybridized carbons (Fsp3) is 0.933. The number of guanidine groups is 1. The lowest BCUT2D eigenvalue weighted by Crippen LogP contribution is -2.56. The predicted octanol–water partition coefficient (Wildman–Crippen LogP) is 1.99. The standard InChI is InChI=1S/C15H27N3O/c1-11-5-6-15(8-12(11)2)10-17-14(16)18(15)9-13-4-3-7-19-13/h11-13H,3-10H2,1-2H3,(H2,16,17). The first-order valence-electron chi connectivity index (χ1n) is 7.80. The molecule has 108 valence electrons. The van der Waals surface area contributed by atoms with E-state index < -0.39 is 0 Å². The highest BCUT2D eigenvalue weighted by Gasteiger charge is 2.46. The molecule has 4 atom stereocenters. The van der Waals surface area contributed by atoms with Gasteiger partial charge in [0.05, 0.1) is 18.2 Å². The van der Waals surface area contributed by atoms with Crippen LogP contribution in [0.1, 0.15) is 46.0 Å². The Morgan fingerprint density at radius 2 is 2.21 bits per heavy atom. The molecular weight excluding hydrogens is 238 g/mol. The van der Waals surface area contributed by atoms with Gasteiger partial charge in [-0.15, -0.1) is 0 Å². The van der Waals surface area contributed by atoms with Crippen LogP contribution in [0, 0.1) is 11.8 Å². The van der Waals surface area contributed by atoms with Gasteiger partial charge in [0.1, 0.15) is 0 Å². The van der Waals surface area contributed by atoms with E-state index in [0.717, 1.165) is 37.5 Å². The number of ether oxygens (including phenoxy) is 1. The summed E-state index contributed by atoms with van der Waals surface area (Å²) in [6.45, 7) is 7.50. The molecule has 0 aromatic rings. The summed E-state index contributed by atoms with van der Waals surface area (Å²) in [6, 6.07) is 0. The van der Waals surface area contributed by atoms with Crippen LogP contribution in [0.15, 0.2) is 4.99 Å². The van der Waals surface area contributed by atoms with Gasteiger partial charge in [-0.1, -0.05) is 13.8 Å².